The summed E-state index contributed by atoms with van der Waals surface area (Å²) in [4.78, 5) is 13.0. The number of rotatable bonds is 1. The van der Waals surface area contributed by atoms with Gasteiger partial charge >= 0.3 is 18.9 Å². The number of carbonyl (C=O) groups is 1. The van der Waals surface area contributed by atoms with Gasteiger partial charge in [0.2, 0.25) is 0 Å². The van der Waals surface area contributed by atoms with Gasteiger partial charge in [-0.05, 0) is 18.8 Å². The van der Waals surface area contributed by atoms with Crippen molar-refractivity contribution in [1.29, 1.82) is 0 Å². The first kappa shape index (κ1) is 15.7. The molecule has 0 saturated heterocycles. The van der Waals surface area contributed by atoms with E-state index < -0.39 is 5.97 Å². The number of carboxylic acid groups (broad SMARTS) is 1. The normalized spacial score (nSPS) is 8.82. The van der Waals surface area contributed by atoms with Gasteiger partial charge in [0.1, 0.15) is 0 Å². The summed E-state index contributed by atoms with van der Waals surface area (Å²) >= 11 is 0. The van der Waals surface area contributed by atoms with Crippen LogP contribution in [0.3, 0.4) is 0 Å². The van der Waals surface area contributed by atoms with Crippen molar-refractivity contribution < 1.29 is 28.8 Å². The van der Waals surface area contributed by atoms with Crippen molar-refractivity contribution in [2.45, 2.75) is 20.3 Å². The van der Waals surface area contributed by atoms with E-state index in [1.54, 1.807) is 6.20 Å². The molecule has 1 aromatic carbocycles. The van der Waals surface area contributed by atoms with Gasteiger partial charge in [-0.25, -0.2) is 0 Å². The van der Waals surface area contributed by atoms with Crippen molar-refractivity contribution in [3.05, 3.63) is 42.2 Å². The van der Waals surface area contributed by atoms with Crippen LogP contribution in [0.2, 0.25) is 0 Å². The van der Waals surface area contributed by atoms with E-state index in [2.05, 4.69) is 36.2 Å². The Kier molecular flexibility index (Phi) is 7.28. The average molecular weight is 223 g/mol. The van der Waals surface area contributed by atoms with E-state index in [4.69, 9.17) is 9.90 Å². The third-order valence-corrected chi connectivity index (χ3v) is 2.03. The SMILES string of the molecule is CC(=O)O.CCc1ccc2cnc[c-]c2c1.[Li+]. The molecule has 0 unspecified atom stereocenters. The molecule has 0 amide bonds. The molecular weight excluding hydrogens is 209 g/mol. The molecule has 84 valence electrons. The summed E-state index contributed by atoms with van der Waals surface area (Å²) in [5.74, 6) is -0.833. The fraction of sp³-hybridized carbons (Fsp3) is 0.231. The Morgan fingerprint density at radius 3 is 2.71 bits per heavy atom. The van der Waals surface area contributed by atoms with Crippen molar-refractivity contribution >= 4 is 16.7 Å². The molecule has 1 heterocycles. The summed E-state index contributed by atoms with van der Waals surface area (Å²) in [5.41, 5.74) is 1.35. The van der Waals surface area contributed by atoms with E-state index >= 15 is 0 Å². The number of pyridine rings is 1. The largest absolute Gasteiger partial charge is 1.00 e. The number of hydrogen-bond donors (Lipinski definition) is 1. The third kappa shape index (κ3) is 5.53. The molecule has 0 saturated carbocycles. The second-order valence-electron chi connectivity index (χ2n) is 3.35. The Morgan fingerprint density at radius 2 is 2.12 bits per heavy atom. The molecular formula is C13H14LiNO2. The smallest absolute Gasteiger partial charge is 0.481 e. The van der Waals surface area contributed by atoms with Crippen LogP contribution in [0.15, 0.2) is 30.6 Å². The average Bonchev–Trinajstić information content (AvgIpc) is 2.27. The summed E-state index contributed by atoms with van der Waals surface area (Å²) in [6, 6.07) is 9.51. The van der Waals surface area contributed by atoms with Gasteiger partial charge in [-0.1, -0.05) is 13.0 Å². The van der Waals surface area contributed by atoms with E-state index in [1.165, 1.54) is 5.56 Å². The van der Waals surface area contributed by atoms with Gasteiger partial charge in [-0.3, -0.25) is 9.78 Å². The Bertz CT molecular complexity index is 482. The van der Waals surface area contributed by atoms with Gasteiger partial charge in [-0.15, -0.1) is 17.0 Å². The van der Waals surface area contributed by atoms with Gasteiger partial charge in [0.15, 0.2) is 0 Å². The minimum Gasteiger partial charge on any atom is -0.481 e. The van der Waals surface area contributed by atoms with Crippen LogP contribution in [-0.2, 0) is 11.2 Å². The number of carboxylic acids is 1. The van der Waals surface area contributed by atoms with Crippen molar-refractivity contribution in [1.82, 2.24) is 4.98 Å². The maximum absolute atomic E-state index is 9.00. The number of aliphatic carboxylic acids is 1. The standard InChI is InChI=1S/C11H10N.C2H4O2.Li/c1-2-9-3-4-11-8-12-6-5-10(11)7-9;1-2(3)4;/h3-4,6-8H,2H2,1H3;1H3,(H,3,4);/q-1;;+1. The molecule has 17 heavy (non-hydrogen) atoms. The van der Waals surface area contributed by atoms with Crippen molar-refractivity contribution in [3.8, 4) is 0 Å². The molecule has 0 aliphatic carbocycles. The zero-order valence-electron chi connectivity index (χ0n) is 10.4. The van der Waals surface area contributed by atoms with Crippen LogP contribution in [-0.4, -0.2) is 16.1 Å². The maximum atomic E-state index is 9.00. The van der Waals surface area contributed by atoms with E-state index in [1.807, 2.05) is 6.20 Å². The third-order valence-electron chi connectivity index (χ3n) is 2.03. The zero-order valence-corrected chi connectivity index (χ0v) is 10.4. The zero-order chi connectivity index (χ0) is 12.0. The molecule has 0 aliphatic rings. The quantitative estimate of drug-likeness (QED) is 0.533. The topological polar surface area (TPSA) is 50.2 Å². The van der Waals surface area contributed by atoms with Crippen LogP contribution in [0.25, 0.3) is 10.8 Å². The maximum Gasteiger partial charge on any atom is 1.00 e. The Labute approximate surface area is 113 Å². The van der Waals surface area contributed by atoms with Crippen LogP contribution in [0, 0.1) is 6.07 Å². The van der Waals surface area contributed by atoms with E-state index in [0.29, 0.717) is 0 Å². The van der Waals surface area contributed by atoms with Crippen LogP contribution in [0.4, 0.5) is 0 Å². The first-order valence-electron chi connectivity index (χ1n) is 5.07. The second kappa shape index (κ2) is 7.89. The summed E-state index contributed by atoms with van der Waals surface area (Å²) in [5, 5.41) is 9.74. The van der Waals surface area contributed by atoms with Crippen LogP contribution >= 0.6 is 0 Å². The molecule has 0 radical (unpaired) electrons. The predicted molar refractivity (Wildman–Crippen MR) is 63.3 cm³/mol. The van der Waals surface area contributed by atoms with Crippen molar-refractivity contribution in [2.75, 3.05) is 0 Å². The molecule has 1 N–H and O–H groups in total. The van der Waals surface area contributed by atoms with E-state index in [0.717, 1.165) is 24.1 Å². The van der Waals surface area contributed by atoms with Gasteiger partial charge in [0, 0.05) is 6.92 Å². The number of aryl methyl sites for hydroxylation is 1. The Morgan fingerprint density at radius 1 is 1.47 bits per heavy atom. The number of aromatic nitrogens is 1. The molecule has 1 aromatic heterocycles. The van der Waals surface area contributed by atoms with E-state index in [9.17, 15) is 0 Å². The summed E-state index contributed by atoms with van der Waals surface area (Å²) < 4.78 is 0. The molecule has 0 bridgehead atoms. The molecule has 0 aliphatic heterocycles. The van der Waals surface area contributed by atoms with Gasteiger partial charge in [-0.2, -0.15) is 17.5 Å². The van der Waals surface area contributed by atoms with Gasteiger partial charge in [0.05, 0.1) is 0 Å². The number of nitrogens with zero attached hydrogens (tertiary/aromatic N) is 1. The molecule has 0 fully saturated rings. The van der Waals surface area contributed by atoms with Gasteiger partial charge < -0.3 is 5.11 Å². The van der Waals surface area contributed by atoms with Crippen LogP contribution in [0.5, 0.6) is 0 Å². The fourth-order valence-corrected chi connectivity index (χ4v) is 1.29. The second-order valence-corrected chi connectivity index (χ2v) is 3.35. The summed E-state index contributed by atoms with van der Waals surface area (Å²) in [6.07, 6.45) is 4.65. The predicted octanol–water partition coefficient (Wildman–Crippen LogP) is -0.308. The van der Waals surface area contributed by atoms with E-state index in [-0.39, 0.29) is 18.9 Å². The van der Waals surface area contributed by atoms with Crippen LogP contribution < -0.4 is 18.9 Å². The van der Waals surface area contributed by atoms with Crippen molar-refractivity contribution in [3.63, 3.8) is 0 Å². The van der Waals surface area contributed by atoms with Crippen LogP contribution in [0.1, 0.15) is 19.4 Å². The van der Waals surface area contributed by atoms with Crippen molar-refractivity contribution in [2.24, 2.45) is 0 Å². The fourth-order valence-electron chi connectivity index (χ4n) is 1.29. The first-order chi connectivity index (χ1) is 7.63. The summed E-state index contributed by atoms with van der Waals surface area (Å²) in [6.45, 7) is 3.24. The molecule has 2 rings (SSSR count). The molecule has 3 nitrogen and oxygen atoms in total. The number of hydrogen-bond acceptors (Lipinski definition) is 2. The Hall–Kier alpha value is -1.30. The number of benzene rings is 1. The minimum absolute atomic E-state index is 0. The van der Waals surface area contributed by atoms with Gasteiger partial charge in [0.25, 0.3) is 5.97 Å². The molecule has 0 atom stereocenters. The molecule has 2 aromatic rings. The minimum atomic E-state index is -0.833. The Balaban J connectivity index is 0.000000453. The number of fused-ring (bicyclic) bond motifs is 1. The monoisotopic (exact) mass is 223 g/mol. The molecule has 4 heteroatoms. The summed E-state index contributed by atoms with van der Waals surface area (Å²) in [7, 11) is 0. The first-order valence-corrected chi connectivity index (χ1v) is 5.07. The molecule has 0 spiro atoms.